The molecule has 1 aliphatic heterocycles. The van der Waals surface area contributed by atoms with Crippen LogP contribution in [0.2, 0.25) is 0 Å². The Kier molecular flexibility index (Phi) is 8.58. The zero-order valence-electron chi connectivity index (χ0n) is 21.1. The molecule has 0 saturated carbocycles. The Bertz CT molecular complexity index is 1550. The number of carboxylic acids is 4. The molecule has 0 aromatic heterocycles. The van der Waals surface area contributed by atoms with E-state index in [0.717, 1.165) is 12.1 Å². The van der Waals surface area contributed by atoms with E-state index in [-0.39, 0.29) is 16.0 Å². The van der Waals surface area contributed by atoms with E-state index in [1.807, 2.05) is 0 Å². The summed E-state index contributed by atoms with van der Waals surface area (Å²) < 4.78 is 25.2. The Hall–Kier alpha value is -5.10. The van der Waals surface area contributed by atoms with Crippen LogP contribution in [0, 0.1) is 6.07 Å². The molecule has 0 spiro atoms. The summed E-state index contributed by atoms with van der Waals surface area (Å²) in [7, 11) is -4.80. The minimum Gasteiger partial charge on any atom is -0.481 e. The SMILES string of the molecule is O=C(O)CCC(C#[N+]C(CC(=O)O)(C(=O)O)N1C(=O)c2ccccc2C1=O)(CCC(=O)O)S(=O)(=O)c1ccccc1. The molecule has 0 radical (unpaired) electrons. The van der Waals surface area contributed by atoms with E-state index in [2.05, 4.69) is 10.9 Å². The number of benzene rings is 2. The van der Waals surface area contributed by atoms with Crippen LogP contribution in [0.3, 0.4) is 0 Å². The summed E-state index contributed by atoms with van der Waals surface area (Å²) in [5, 5.41) is 38.5. The standard InChI is InChI=1S/C26H22N2O12S/c29-19(30)10-12-25(13-11-20(31)32,41(39,40)16-6-2-1-3-7-16)15-27-26(24(37)38,14-21(33)34)28-22(35)17-8-4-5-9-18(17)23(28)36/h1-9H,10-14H2,(H3-,29,30,31,32,33,34,37,38)/p+1. The first-order chi connectivity index (χ1) is 19.2. The smallest absolute Gasteiger partial charge is 0.471 e. The highest BCUT2D eigenvalue weighted by atomic mass is 32.2. The van der Waals surface area contributed by atoms with Gasteiger partial charge in [0, 0.05) is 12.8 Å². The largest absolute Gasteiger partial charge is 0.481 e. The molecule has 0 saturated heterocycles. The Morgan fingerprint density at radius 1 is 0.756 bits per heavy atom. The van der Waals surface area contributed by atoms with Crippen LogP contribution in [0.4, 0.5) is 0 Å². The van der Waals surface area contributed by atoms with Gasteiger partial charge in [-0.25, -0.2) is 13.2 Å². The lowest BCUT2D eigenvalue weighted by Crippen LogP contribution is -2.56. The highest BCUT2D eigenvalue weighted by Gasteiger charge is 2.66. The topological polar surface area (TPSA) is 225 Å². The number of rotatable bonds is 12. The van der Waals surface area contributed by atoms with E-state index < -0.39 is 92.9 Å². The van der Waals surface area contributed by atoms with E-state index in [9.17, 15) is 57.6 Å². The lowest BCUT2D eigenvalue weighted by atomic mass is 9.97. The molecule has 1 heterocycles. The number of carboxylic acid groups (broad SMARTS) is 4. The third-order valence-electron chi connectivity index (χ3n) is 6.40. The van der Waals surface area contributed by atoms with Gasteiger partial charge in [0.1, 0.15) is 0 Å². The van der Waals surface area contributed by atoms with Crippen molar-refractivity contribution in [2.24, 2.45) is 0 Å². The van der Waals surface area contributed by atoms with Gasteiger partial charge >= 0.3 is 35.6 Å². The molecule has 1 unspecified atom stereocenters. The summed E-state index contributed by atoms with van der Waals surface area (Å²) in [5.41, 5.74) is -3.80. The molecule has 1 atom stereocenters. The first-order valence-electron chi connectivity index (χ1n) is 11.8. The van der Waals surface area contributed by atoms with Gasteiger partial charge in [0.2, 0.25) is 14.6 Å². The molecule has 0 aliphatic carbocycles. The molecule has 0 bridgehead atoms. The molecule has 4 N–H and O–H groups in total. The van der Waals surface area contributed by atoms with Crippen LogP contribution in [0.25, 0.3) is 4.85 Å². The van der Waals surface area contributed by atoms with Crippen LogP contribution in [0.5, 0.6) is 0 Å². The summed E-state index contributed by atoms with van der Waals surface area (Å²) in [6, 6.07) is 13.6. The van der Waals surface area contributed by atoms with Gasteiger partial charge in [0.25, 0.3) is 11.8 Å². The third-order valence-corrected chi connectivity index (χ3v) is 8.82. The number of fused-ring (bicyclic) bond motifs is 1. The van der Waals surface area contributed by atoms with Crippen molar-refractivity contribution in [1.82, 2.24) is 4.90 Å². The van der Waals surface area contributed by atoms with E-state index >= 15 is 0 Å². The predicted molar refractivity (Wildman–Crippen MR) is 137 cm³/mol. The molecule has 2 aromatic carbocycles. The molecular formula is C26H23N2O12S+. The van der Waals surface area contributed by atoms with Gasteiger partial charge in [-0.15, -0.1) is 0 Å². The fraction of sp³-hybridized carbons (Fsp3) is 0.269. The number of aliphatic carboxylic acids is 4. The number of hydrogen-bond donors (Lipinski definition) is 4. The number of sulfone groups is 1. The van der Waals surface area contributed by atoms with Crippen molar-refractivity contribution >= 4 is 45.5 Å². The van der Waals surface area contributed by atoms with Crippen LogP contribution in [0.15, 0.2) is 59.5 Å². The quantitative estimate of drug-likeness (QED) is 0.261. The predicted octanol–water partition coefficient (Wildman–Crippen LogP) is 1.81. The number of carbonyl (C=O) groups is 6. The fourth-order valence-electron chi connectivity index (χ4n) is 4.33. The second-order valence-corrected chi connectivity index (χ2v) is 11.3. The number of amides is 2. The van der Waals surface area contributed by atoms with E-state index in [1.165, 1.54) is 42.5 Å². The van der Waals surface area contributed by atoms with Crippen LogP contribution in [-0.2, 0) is 29.0 Å². The second-order valence-electron chi connectivity index (χ2n) is 9.01. The zero-order valence-corrected chi connectivity index (χ0v) is 21.9. The van der Waals surface area contributed by atoms with Gasteiger partial charge in [-0.3, -0.25) is 24.0 Å². The maximum atomic E-state index is 13.9. The Balaban J connectivity index is 2.37. The minimum atomic E-state index is -4.80. The van der Waals surface area contributed by atoms with E-state index in [4.69, 9.17) is 0 Å². The van der Waals surface area contributed by atoms with Gasteiger partial charge in [-0.2, -0.15) is 4.90 Å². The number of imide groups is 1. The van der Waals surface area contributed by atoms with E-state index in [0.29, 0.717) is 0 Å². The number of hydrogen-bond acceptors (Lipinski definition) is 8. The van der Waals surface area contributed by atoms with Gasteiger partial charge in [-0.1, -0.05) is 30.3 Å². The summed E-state index contributed by atoms with van der Waals surface area (Å²) >= 11 is 0. The number of nitrogens with zero attached hydrogens (tertiary/aromatic N) is 2. The Labute approximate surface area is 232 Å². The van der Waals surface area contributed by atoms with Crippen molar-refractivity contribution < 1.29 is 57.6 Å². The van der Waals surface area contributed by atoms with Crippen molar-refractivity contribution in [1.29, 1.82) is 0 Å². The maximum absolute atomic E-state index is 13.9. The zero-order chi connectivity index (χ0) is 30.6. The van der Waals surface area contributed by atoms with Crippen molar-refractivity contribution in [2.45, 2.75) is 47.4 Å². The molecule has 15 heteroatoms. The first kappa shape index (κ1) is 30.4. The summed E-state index contributed by atoms with van der Waals surface area (Å²) in [5.74, 6) is -9.43. The maximum Gasteiger partial charge on any atom is 0.471 e. The van der Waals surface area contributed by atoms with Crippen molar-refractivity contribution in [3.63, 3.8) is 0 Å². The van der Waals surface area contributed by atoms with Gasteiger partial charge in [0.15, 0.2) is 6.42 Å². The average Bonchev–Trinajstić information content (AvgIpc) is 3.17. The van der Waals surface area contributed by atoms with E-state index in [1.54, 1.807) is 0 Å². The Morgan fingerprint density at radius 3 is 1.63 bits per heavy atom. The van der Waals surface area contributed by atoms with Crippen LogP contribution < -0.4 is 0 Å². The molecule has 1 aliphatic rings. The van der Waals surface area contributed by atoms with Crippen LogP contribution >= 0.6 is 0 Å². The average molecular weight is 588 g/mol. The normalized spacial score (nSPS) is 14.4. The van der Waals surface area contributed by atoms with Gasteiger partial charge in [-0.05, 0) is 42.0 Å². The third kappa shape index (κ3) is 5.77. The molecule has 41 heavy (non-hydrogen) atoms. The minimum absolute atomic E-state index is 0.0649. The van der Waals surface area contributed by atoms with Crippen LogP contribution in [-0.4, -0.2) is 79.8 Å². The fourth-order valence-corrected chi connectivity index (χ4v) is 6.20. The van der Waals surface area contributed by atoms with Crippen molar-refractivity contribution in [3.8, 4) is 6.07 Å². The van der Waals surface area contributed by atoms with Crippen molar-refractivity contribution in [2.75, 3.05) is 0 Å². The first-order valence-corrected chi connectivity index (χ1v) is 13.3. The Morgan fingerprint density at radius 2 is 1.22 bits per heavy atom. The molecule has 14 nitrogen and oxygen atoms in total. The summed E-state index contributed by atoms with van der Waals surface area (Å²) in [4.78, 5) is 77.2. The second kappa shape index (κ2) is 11.6. The highest BCUT2D eigenvalue weighted by molar-refractivity contribution is 7.93. The van der Waals surface area contributed by atoms with Crippen molar-refractivity contribution in [3.05, 3.63) is 70.6 Å². The lowest BCUT2D eigenvalue weighted by Gasteiger charge is -2.25. The molecular weight excluding hydrogens is 564 g/mol. The molecule has 0 fully saturated rings. The lowest BCUT2D eigenvalue weighted by molar-refractivity contribution is -0.152. The number of carbonyl (C=O) groups excluding carboxylic acids is 2. The molecule has 2 amide bonds. The van der Waals surface area contributed by atoms with Crippen LogP contribution in [0.1, 0.15) is 52.8 Å². The molecule has 2 aromatic rings. The highest BCUT2D eigenvalue weighted by Crippen LogP contribution is 2.38. The summed E-state index contributed by atoms with van der Waals surface area (Å²) in [6.07, 6.45) is -5.00. The summed E-state index contributed by atoms with van der Waals surface area (Å²) in [6.45, 7) is 0. The monoisotopic (exact) mass is 587 g/mol. The molecule has 214 valence electrons. The van der Waals surface area contributed by atoms with Gasteiger partial charge < -0.3 is 20.4 Å². The van der Waals surface area contributed by atoms with Gasteiger partial charge in [0.05, 0.1) is 16.0 Å². The molecule has 3 rings (SSSR count).